The van der Waals surface area contributed by atoms with Crippen molar-refractivity contribution in [2.75, 3.05) is 0 Å². The Hall–Kier alpha value is -0.330. The number of carbonyl (C=O) groups excluding carboxylic acids is 1. The summed E-state index contributed by atoms with van der Waals surface area (Å²) in [4.78, 5) is 11.7. The summed E-state index contributed by atoms with van der Waals surface area (Å²) in [6.45, 7) is 13.0. The van der Waals surface area contributed by atoms with E-state index in [0.717, 1.165) is 19.3 Å². The molecule has 0 saturated carbocycles. The van der Waals surface area contributed by atoms with Crippen LogP contribution >= 0.6 is 0 Å². The second-order valence-electron chi connectivity index (χ2n) is 5.85. The Balaban J connectivity index is 3.95. The number of Topliss-reactive ketones (excluding diaryl/α,β-unsaturated/α-hetero) is 1. The zero-order valence-corrected chi connectivity index (χ0v) is 10.7. The smallest absolute Gasteiger partial charge is 0.135 e. The Morgan fingerprint density at radius 1 is 1.21 bits per heavy atom. The maximum Gasteiger partial charge on any atom is 0.135 e. The largest absolute Gasteiger partial charge is 0.299 e. The zero-order chi connectivity index (χ0) is 11.4. The Morgan fingerprint density at radius 3 is 2.07 bits per heavy atom. The zero-order valence-electron chi connectivity index (χ0n) is 10.7. The molecule has 0 amide bonds. The summed E-state index contributed by atoms with van der Waals surface area (Å²) < 4.78 is 0. The molecule has 0 heterocycles. The fraction of sp³-hybridized carbons (Fsp3) is 0.923. The molecule has 0 fully saturated rings. The summed E-state index contributed by atoms with van der Waals surface area (Å²) in [6.07, 6.45) is 2.86. The van der Waals surface area contributed by atoms with Crippen LogP contribution < -0.4 is 0 Å². The van der Waals surface area contributed by atoms with Gasteiger partial charge in [-0.2, -0.15) is 0 Å². The molecule has 1 nitrogen and oxygen atoms in total. The standard InChI is InChI=1S/C13H26O/c1-7-11(3)12(14)8-10(2)9-13(4,5)6/h10-11H,7-9H2,1-6H3. The van der Waals surface area contributed by atoms with Crippen LogP contribution in [0.5, 0.6) is 0 Å². The van der Waals surface area contributed by atoms with E-state index >= 15 is 0 Å². The van der Waals surface area contributed by atoms with Crippen LogP contribution in [-0.4, -0.2) is 5.78 Å². The van der Waals surface area contributed by atoms with Gasteiger partial charge in [-0.3, -0.25) is 4.79 Å². The first-order chi connectivity index (χ1) is 6.26. The van der Waals surface area contributed by atoms with Gasteiger partial charge >= 0.3 is 0 Å². The van der Waals surface area contributed by atoms with Crippen LogP contribution in [-0.2, 0) is 4.79 Å². The summed E-state index contributed by atoms with van der Waals surface area (Å²) in [5, 5.41) is 0. The van der Waals surface area contributed by atoms with E-state index in [0.29, 0.717) is 17.1 Å². The lowest BCUT2D eigenvalue weighted by molar-refractivity contribution is -0.123. The molecule has 14 heavy (non-hydrogen) atoms. The van der Waals surface area contributed by atoms with Gasteiger partial charge in [0.05, 0.1) is 0 Å². The Kier molecular flexibility index (Phi) is 5.40. The minimum atomic E-state index is 0.248. The van der Waals surface area contributed by atoms with Crippen molar-refractivity contribution in [3.63, 3.8) is 0 Å². The van der Waals surface area contributed by atoms with E-state index in [1.165, 1.54) is 0 Å². The van der Waals surface area contributed by atoms with E-state index in [-0.39, 0.29) is 5.92 Å². The number of ketones is 1. The first-order valence-electron chi connectivity index (χ1n) is 5.79. The Labute approximate surface area is 89.3 Å². The number of hydrogen-bond donors (Lipinski definition) is 0. The minimum Gasteiger partial charge on any atom is -0.299 e. The van der Waals surface area contributed by atoms with Gasteiger partial charge in [-0.05, 0) is 24.2 Å². The van der Waals surface area contributed by atoms with E-state index in [2.05, 4.69) is 34.6 Å². The number of carbonyl (C=O) groups is 1. The molecule has 2 atom stereocenters. The molecule has 84 valence electrons. The van der Waals surface area contributed by atoms with E-state index in [4.69, 9.17) is 0 Å². The molecule has 0 aliphatic rings. The maximum absolute atomic E-state index is 11.7. The highest BCUT2D eigenvalue weighted by Gasteiger charge is 2.19. The molecule has 0 saturated heterocycles. The first kappa shape index (κ1) is 13.7. The highest BCUT2D eigenvalue weighted by atomic mass is 16.1. The van der Waals surface area contributed by atoms with Crippen LogP contribution in [0.25, 0.3) is 0 Å². The van der Waals surface area contributed by atoms with Crippen molar-refractivity contribution in [1.29, 1.82) is 0 Å². The highest BCUT2D eigenvalue weighted by Crippen LogP contribution is 2.26. The van der Waals surface area contributed by atoms with Crippen LogP contribution in [0, 0.1) is 17.3 Å². The molecule has 0 spiro atoms. The van der Waals surface area contributed by atoms with E-state index < -0.39 is 0 Å². The van der Waals surface area contributed by atoms with Crippen molar-refractivity contribution < 1.29 is 4.79 Å². The van der Waals surface area contributed by atoms with Gasteiger partial charge in [0.25, 0.3) is 0 Å². The summed E-state index contributed by atoms with van der Waals surface area (Å²) >= 11 is 0. The van der Waals surface area contributed by atoms with Crippen molar-refractivity contribution >= 4 is 5.78 Å². The van der Waals surface area contributed by atoms with E-state index in [1.54, 1.807) is 0 Å². The third kappa shape index (κ3) is 6.17. The molecule has 0 aliphatic carbocycles. The van der Waals surface area contributed by atoms with Crippen LogP contribution in [0.2, 0.25) is 0 Å². The molecular formula is C13H26O. The molecule has 0 aromatic rings. The van der Waals surface area contributed by atoms with Crippen molar-refractivity contribution in [2.45, 2.75) is 60.8 Å². The molecule has 0 N–H and O–H groups in total. The summed E-state index contributed by atoms with van der Waals surface area (Å²) in [5.41, 5.74) is 0.342. The van der Waals surface area contributed by atoms with Gasteiger partial charge < -0.3 is 0 Å². The lowest BCUT2D eigenvalue weighted by atomic mass is 9.82. The Morgan fingerprint density at radius 2 is 1.71 bits per heavy atom. The third-order valence-electron chi connectivity index (χ3n) is 2.67. The molecule has 0 radical (unpaired) electrons. The van der Waals surface area contributed by atoms with Gasteiger partial charge in [-0.25, -0.2) is 0 Å². The Bertz CT molecular complexity index is 176. The molecule has 0 aromatic heterocycles. The maximum atomic E-state index is 11.7. The fourth-order valence-electron chi connectivity index (χ4n) is 1.89. The number of hydrogen-bond acceptors (Lipinski definition) is 1. The molecule has 2 unspecified atom stereocenters. The van der Waals surface area contributed by atoms with Crippen molar-refractivity contribution in [1.82, 2.24) is 0 Å². The topological polar surface area (TPSA) is 17.1 Å². The van der Waals surface area contributed by atoms with Gasteiger partial charge in [0.2, 0.25) is 0 Å². The molecule has 0 rings (SSSR count). The molecule has 1 heteroatoms. The highest BCUT2D eigenvalue weighted by molar-refractivity contribution is 5.80. The summed E-state index contributed by atoms with van der Waals surface area (Å²) in [6, 6.07) is 0. The lowest BCUT2D eigenvalue weighted by Gasteiger charge is -2.23. The number of rotatable bonds is 5. The fourth-order valence-corrected chi connectivity index (χ4v) is 1.89. The van der Waals surface area contributed by atoms with Crippen LogP contribution in [0.1, 0.15) is 60.8 Å². The molecular weight excluding hydrogens is 172 g/mol. The van der Waals surface area contributed by atoms with Crippen LogP contribution in [0.4, 0.5) is 0 Å². The van der Waals surface area contributed by atoms with Gasteiger partial charge in [-0.1, -0.05) is 41.5 Å². The molecule has 0 aromatic carbocycles. The molecule has 0 bridgehead atoms. The monoisotopic (exact) mass is 198 g/mol. The average molecular weight is 198 g/mol. The van der Waals surface area contributed by atoms with Gasteiger partial charge in [0.1, 0.15) is 5.78 Å². The second-order valence-corrected chi connectivity index (χ2v) is 5.85. The third-order valence-corrected chi connectivity index (χ3v) is 2.67. The minimum absolute atomic E-state index is 0.248. The average Bonchev–Trinajstić information content (AvgIpc) is 1.99. The normalized spacial score (nSPS) is 16.4. The van der Waals surface area contributed by atoms with Crippen molar-refractivity contribution in [3.05, 3.63) is 0 Å². The van der Waals surface area contributed by atoms with E-state index in [9.17, 15) is 4.79 Å². The summed E-state index contributed by atoms with van der Waals surface area (Å²) in [7, 11) is 0. The summed E-state index contributed by atoms with van der Waals surface area (Å²) in [5.74, 6) is 1.21. The van der Waals surface area contributed by atoms with Gasteiger partial charge in [0, 0.05) is 12.3 Å². The quantitative estimate of drug-likeness (QED) is 0.651. The van der Waals surface area contributed by atoms with Gasteiger partial charge in [-0.15, -0.1) is 0 Å². The lowest BCUT2D eigenvalue weighted by Crippen LogP contribution is -2.17. The predicted octanol–water partition coefficient (Wildman–Crippen LogP) is 4.06. The van der Waals surface area contributed by atoms with Crippen LogP contribution in [0.15, 0.2) is 0 Å². The second kappa shape index (κ2) is 5.53. The van der Waals surface area contributed by atoms with Crippen molar-refractivity contribution in [3.8, 4) is 0 Å². The van der Waals surface area contributed by atoms with E-state index in [1.807, 2.05) is 6.92 Å². The van der Waals surface area contributed by atoms with Crippen molar-refractivity contribution in [2.24, 2.45) is 17.3 Å². The van der Waals surface area contributed by atoms with Crippen LogP contribution in [0.3, 0.4) is 0 Å². The van der Waals surface area contributed by atoms with Gasteiger partial charge in [0.15, 0.2) is 0 Å². The molecule has 0 aliphatic heterocycles. The SMILES string of the molecule is CCC(C)C(=O)CC(C)CC(C)(C)C. The predicted molar refractivity (Wildman–Crippen MR) is 62.3 cm³/mol. The first-order valence-corrected chi connectivity index (χ1v) is 5.79.